The van der Waals surface area contributed by atoms with Crippen molar-refractivity contribution in [2.75, 3.05) is 24.2 Å². The number of rotatable bonds is 5. The van der Waals surface area contributed by atoms with Gasteiger partial charge in [0.2, 0.25) is 5.91 Å². The van der Waals surface area contributed by atoms with E-state index in [4.69, 9.17) is 5.73 Å². The fourth-order valence-electron chi connectivity index (χ4n) is 1.65. The Morgan fingerprint density at radius 3 is 2.65 bits per heavy atom. The second kappa shape index (κ2) is 5.08. The summed E-state index contributed by atoms with van der Waals surface area (Å²) in [4.78, 5) is 13.6. The summed E-state index contributed by atoms with van der Waals surface area (Å²) < 4.78 is 0. The van der Waals surface area contributed by atoms with Gasteiger partial charge in [-0.05, 0) is 37.1 Å². The summed E-state index contributed by atoms with van der Waals surface area (Å²) in [6.45, 7) is 0.725. The van der Waals surface area contributed by atoms with Crippen LogP contribution in [0.25, 0.3) is 0 Å². The van der Waals surface area contributed by atoms with Gasteiger partial charge in [0.25, 0.3) is 0 Å². The molecule has 3 N–H and O–H groups in total. The Morgan fingerprint density at radius 1 is 1.41 bits per heavy atom. The lowest BCUT2D eigenvalue weighted by atomic mass is 10.2. The van der Waals surface area contributed by atoms with Crippen molar-refractivity contribution in [2.45, 2.75) is 25.3 Å². The van der Waals surface area contributed by atoms with Gasteiger partial charge in [-0.2, -0.15) is 0 Å². The van der Waals surface area contributed by atoms with Crippen LogP contribution in [0.4, 0.5) is 11.4 Å². The molecule has 4 heteroatoms. The third-order valence-electron chi connectivity index (χ3n) is 2.95. The predicted molar refractivity (Wildman–Crippen MR) is 69.9 cm³/mol. The third-order valence-corrected chi connectivity index (χ3v) is 2.95. The fraction of sp³-hybridized carbons (Fsp3) is 0.462. The van der Waals surface area contributed by atoms with Crippen LogP contribution in [0.2, 0.25) is 0 Å². The molecule has 1 amide bonds. The Hall–Kier alpha value is -1.71. The number of hydrogen-bond donors (Lipinski definition) is 2. The van der Waals surface area contributed by atoms with E-state index in [1.165, 1.54) is 0 Å². The maximum absolute atomic E-state index is 11.5. The smallest absolute Gasteiger partial charge is 0.221 e. The summed E-state index contributed by atoms with van der Waals surface area (Å²) >= 11 is 0. The van der Waals surface area contributed by atoms with Crippen molar-refractivity contribution in [1.29, 1.82) is 0 Å². The van der Waals surface area contributed by atoms with Gasteiger partial charge in [-0.25, -0.2) is 0 Å². The summed E-state index contributed by atoms with van der Waals surface area (Å²) in [7, 11) is 1.98. The summed E-state index contributed by atoms with van der Waals surface area (Å²) in [6, 6.07) is 8.12. The van der Waals surface area contributed by atoms with Crippen LogP contribution in [0.1, 0.15) is 19.3 Å². The normalized spacial score (nSPS) is 14.4. The van der Waals surface area contributed by atoms with Crippen molar-refractivity contribution in [3.63, 3.8) is 0 Å². The van der Waals surface area contributed by atoms with Crippen molar-refractivity contribution in [3.8, 4) is 0 Å². The lowest BCUT2D eigenvalue weighted by molar-refractivity contribution is -0.121. The molecule has 0 unspecified atom stereocenters. The second-order valence-corrected chi connectivity index (χ2v) is 4.60. The number of carbonyl (C=O) groups excluding carboxylic acids is 1. The van der Waals surface area contributed by atoms with Crippen LogP contribution in [0.15, 0.2) is 24.3 Å². The van der Waals surface area contributed by atoms with Gasteiger partial charge in [-0.15, -0.1) is 0 Å². The van der Waals surface area contributed by atoms with Gasteiger partial charge in [0.1, 0.15) is 0 Å². The largest absolute Gasteiger partial charge is 0.399 e. The maximum Gasteiger partial charge on any atom is 0.221 e. The van der Waals surface area contributed by atoms with E-state index >= 15 is 0 Å². The number of hydrogen-bond acceptors (Lipinski definition) is 3. The molecular formula is C13H19N3O. The van der Waals surface area contributed by atoms with Crippen LogP contribution in [0.3, 0.4) is 0 Å². The number of anilines is 2. The van der Waals surface area contributed by atoms with Crippen molar-refractivity contribution in [1.82, 2.24) is 5.32 Å². The molecule has 1 aliphatic carbocycles. The number of nitrogen functional groups attached to an aromatic ring is 1. The lowest BCUT2D eigenvalue weighted by Gasteiger charge is -2.19. The summed E-state index contributed by atoms with van der Waals surface area (Å²) in [5.74, 6) is 0.148. The molecule has 1 fully saturated rings. The molecule has 0 radical (unpaired) electrons. The first-order chi connectivity index (χ1) is 8.15. The van der Waals surface area contributed by atoms with Crippen molar-refractivity contribution in [2.24, 2.45) is 0 Å². The highest BCUT2D eigenvalue weighted by Gasteiger charge is 2.22. The first-order valence-electron chi connectivity index (χ1n) is 6.01. The molecule has 1 aromatic rings. The number of carbonyl (C=O) groups is 1. The summed E-state index contributed by atoms with van der Waals surface area (Å²) in [6.07, 6.45) is 2.82. The quantitative estimate of drug-likeness (QED) is 0.755. The molecule has 4 nitrogen and oxygen atoms in total. The van der Waals surface area contributed by atoms with E-state index in [0.29, 0.717) is 12.5 Å². The molecule has 0 heterocycles. The highest BCUT2D eigenvalue weighted by Crippen LogP contribution is 2.19. The van der Waals surface area contributed by atoms with E-state index < -0.39 is 0 Å². The average molecular weight is 233 g/mol. The minimum absolute atomic E-state index is 0.148. The van der Waals surface area contributed by atoms with Gasteiger partial charge in [0, 0.05) is 37.4 Å². The number of nitrogens with one attached hydrogen (secondary N) is 1. The van der Waals surface area contributed by atoms with E-state index in [9.17, 15) is 4.79 Å². The van der Waals surface area contributed by atoms with Crippen molar-refractivity contribution < 1.29 is 4.79 Å². The van der Waals surface area contributed by atoms with Crippen LogP contribution in [-0.2, 0) is 4.79 Å². The van der Waals surface area contributed by atoms with Gasteiger partial charge >= 0.3 is 0 Å². The van der Waals surface area contributed by atoms with Gasteiger partial charge < -0.3 is 16.0 Å². The molecule has 92 valence electrons. The standard InChI is InChI=1S/C13H19N3O/c1-16(12-6-2-10(14)3-7-12)9-8-13(17)15-11-4-5-11/h2-3,6-7,11H,4-5,8-9,14H2,1H3,(H,15,17). The number of nitrogens with two attached hydrogens (primary N) is 1. The van der Waals surface area contributed by atoms with E-state index in [-0.39, 0.29) is 5.91 Å². The molecule has 0 aromatic heterocycles. The summed E-state index contributed by atoms with van der Waals surface area (Å²) in [5, 5.41) is 2.98. The van der Waals surface area contributed by atoms with Crippen LogP contribution in [0, 0.1) is 0 Å². The zero-order valence-electron chi connectivity index (χ0n) is 10.1. The van der Waals surface area contributed by atoms with E-state index in [2.05, 4.69) is 10.2 Å². The molecule has 17 heavy (non-hydrogen) atoms. The topological polar surface area (TPSA) is 58.4 Å². The monoisotopic (exact) mass is 233 g/mol. The molecule has 0 spiro atoms. The molecule has 0 bridgehead atoms. The van der Waals surface area contributed by atoms with Crippen LogP contribution < -0.4 is 16.0 Å². The van der Waals surface area contributed by atoms with Crippen LogP contribution >= 0.6 is 0 Å². The fourth-order valence-corrected chi connectivity index (χ4v) is 1.65. The number of benzene rings is 1. The van der Waals surface area contributed by atoms with Crippen LogP contribution in [0.5, 0.6) is 0 Å². The molecule has 2 rings (SSSR count). The Balaban J connectivity index is 1.77. The zero-order valence-corrected chi connectivity index (χ0v) is 10.1. The molecule has 1 aromatic carbocycles. The Kier molecular flexibility index (Phi) is 3.52. The minimum atomic E-state index is 0.148. The first kappa shape index (κ1) is 11.8. The predicted octanol–water partition coefficient (Wildman–Crippen LogP) is 1.37. The molecule has 1 saturated carbocycles. The van der Waals surface area contributed by atoms with Gasteiger partial charge in [0.05, 0.1) is 0 Å². The Labute approximate surface area is 102 Å². The highest BCUT2D eigenvalue weighted by atomic mass is 16.1. The third kappa shape index (κ3) is 3.66. The number of amides is 1. The van der Waals surface area contributed by atoms with E-state index in [1.54, 1.807) is 0 Å². The molecule has 0 saturated heterocycles. The Morgan fingerprint density at radius 2 is 2.06 bits per heavy atom. The van der Waals surface area contributed by atoms with Gasteiger partial charge in [0.15, 0.2) is 0 Å². The van der Waals surface area contributed by atoms with E-state index in [1.807, 2.05) is 31.3 Å². The molecule has 1 aliphatic rings. The molecule has 0 atom stereocenters. The SMILES string of the molecule is CN(CCC(=O)NC1CC1)c1ccc(N)cc1. The average Bonchev–Trinajstić information content (AvgIpc) is 3.11. The van der Waals surface area contributed by atoms with Gasteiger partial charge in [-0.3, -0.25) is 4.79 Å². The second-order valence-electron chi connectivity index (χ2n) is 4.60. The molecule has 0 aliphatic heterocycles. The van der Waals surface area contributed by atoms with Crippen molar-refractivity contribution in [3.05, 3.63) is 24.3 Å². The van der Waals surface area contributed by atoms with Crippen molar-refractivity contribution >= 4 is 17.3 Å². The Bertz CT molecular complexity index is 384. The summed E-state index contributed by atoms with van der Waals surface area (Å²) in [5.41, 5.74) is 7.47. The zero-order chi connectivity index (χ0) is 12.3. The maximum atomic E-state index is 11.5. The lowest BCUT2D eigenvalue weighted by Crippen LogP contribution is -2.30. The number of nitrogens with zero attached hydrogens (tertiary/aromatic N) is 1. The molecular weight excluding hydrogens is 214 g/mol. The van der Waals surface area contributed by atoms with Gasteiger partial charge in [-0.1, -0.05) is 0 Å². The van der Waals surface area contributed by atoms with E-state index in [0.717, 1.165) is 30.8 Å². The minimum Gasteiger partial charge on any atom is -0.399 e. The van der Waals surface area contributed by atoms with Crippen LogP contribution in [-0.4, -0.2) is 25.5 Å². The highest BCUT2D eigenvalue weighted by molar-refractivity contribution is 5.77. The first-order valence-corrected chi connectivity index (χ1v) is 6.01.